The number of methoxy groups -OCH3 is 2. The number of fused-ring (bicyclic) bond motifs is 1. The molecule has 2 heterocycles. The number of carbonyl (C=O) groups is 1. The van der Waals surface area contributed by atoms with E-state index in [2.05, 4.69) is 5.32 Å². The Morgan fingerprint density at radius 2 is 1.90 bits per heavy atom. The van der Waals surface area contributed by atoms with Gasteiger partial charge >= 0.3 is 0 Å². The molecule has 0 aliphatic carbocycles. The summed E-state index contributed by atoms with van der Waals surface area (Å²) in [7, 11) is 3.11. The van der Waals surface area contributed by atoms with Gasteiger partial charge in [0.25, 0.3) is 0 Å². The van der Waals surface area contributed by atoms with Gasteiger partial charge in [-0.1, -0.05) is 11.6 Å². The molecule has 0 radical (unpaired) electrons. The lowest BCUT2D eigenvalue weighted by Gasteiger charge is -2.18. The van der Waals surface area contributed by atoms with Crippen LogP contribution in [0.2, 0.25) is 5.02 Å². The number of hydrogen-bond acceptors (Lipinski definition) is 8. The summed E-state index contributed by atoms with van der Waals surface area (Å²) in [4.78, 5) is 16.8. The molecule has 0 amide bonds. The Balaban J connectivity index is 1.70. The maximum atomic E-state index is 11.2. The predicted molar refractivity (Wildman–Crippen MR) is 116 cm³/mol. The van der Waals surface area contributed by atoms with E-state index in [0.29, 0.717) is 57.7 Å². The van der Waals surface area contributed by atoms with Gasteiger partial charge in [-0.3, -0.25) is 0 Å². The van der Waals surface area contributed by atoms with Crippen LogP contribution in [0.4, 0.5) is 10.8 Å². The molecule has 0 saturated heterocycles. The zero-order chi connectivity index (χ0) is 21.1. The highest BCUT2D eigenvalue weighted by Crippen LogP contribution is 2.41. The molecule has 0 spiro atoms. The van der Waals surface area contributed by atoms with Gasteiger partial charge in [-0.05, 0) is 24.3 Å². The average molecular weight is 447 g/mol. The number of aromatic nitrogens is 1. The van der Waals surface area contributed by atoms with Crippen molar-refractivity contribution >= 4 is 40.0 Å². The smallest absolute Gasteiger partial charge is 0.188 e. The zero-order valence-corrected chi connectivity index (χ0v) is 17.9. The molecule has 156 valence electrons. The number of nitrogens with one attached hydrogen (secondary N) is 1. The summed E-state index contributed by atoms with van der Waals surface area (Å²) < 4.78 is 21.9. The molecule has 1 aliphatic rings. The highest BCUT2D eigenvalue weighted by molar-refractivity contribution is 7.16. The van der Waals surface area contributed by atoms with Crippen LogP contribution in [0.5, 0.6) is 23.0 Å². The van der Waals surface area contributed by atoms with E-state index in [9.17, 15) is 4.79 Å². The van der Waals surface area contributed by atoms with Gasteiger partial charge in [0.2, 0.25) is 0 Å². The maximum Gasteiger partial charge on any atom is 0.188 e. The van der Waals surface area contributed by atoms with Crippen molar-refractivity contribution in [3.05, 3.63) is 40.2 Å². The van der Waals surface area contributed by atoms with Crippen LogP contribution in [0.15, 0.2) is 30.3 Å². The molecular weight excluding hydrogens is 428 g/mol. The fraction of sp³-hybridized carbons (Fsp3) is 0.238. The molecule has 1 aromatic heterocycles. The quantitative estimate of drug-likeness (QED) is 0.525. The van der Waals surface area contributed by atoms with Gasteiger partial charge in [-0.2, -0.15) is 0 Å². The Bertz CT molecular complexity index is 1090. The van der Waals surface area contributed by atoms with E-state index < -0.39 is 0 Å². The lowest BCUT2D eigenvalue weighted by Crippen LogP contribution is -2.15. The number of halogens is 1. The van der Waals surface area contributed by atoms with Gasteiger partial charge in [0.05, 0.1) is 30.6 Å². The third-order valence-corrected chi connectivity index (χ3v) is 5.79. The lowest BCUT2D eigenvalue weighted by molar-refractivity contribution is -0.107. The van der Waals surface area contributed by atoms with Gasteiger partial charge in [0, 0.05) is 22.9 Å². The molecule has 0 fully saturated rings. The summed E-state index contributed by atoms with van der Waals surface area (Å²) in [5.41, 5.74) is 2.20. The second kappa shape index (κ2) is 8.81. The van der Waals surface area contributed by atoms with E-state index in [0.717, 1.165) is 16.7 Å². The molecule has 1 N–H and O–H groups in total. The van der Waals surface area contributed by atoms with Crippen LogP contribution in [0.3, 0.4) is 0 Å². The first-order chi connectivity index (χ1) is 14.6. The van der Waals surface area contributed by atoms with E-state index in [4.69, 9.17) is 35.5 Å². The van der Waals surface area contributed by atoms with Crippen LogP contribution in [0.1, 0.15) is 4.88 Å². The molecule has 9 heteroatoms. The summed E-state index contributed by atoms with van der Waals surface area (Å²) in [5, 5.41) is 4.29. The summed E-state index contributed by atoms with van der Waals surface area (Å²) in [5.74, 6) is 2.44. The van der Waals surface area contributed by atoms with Crippen LogP contribution in [-0.4, -0.2) is 38.7 Å². The number of anilines is 2. The number of aldehydes is 1. The normalized spacial score (nSPS) is 12.4. The fourth-order valence-corrected chi connectivity index (χ4v) is 4.29. The number of benzene rings is 2. The Morgan fingerprint density at radius 3 is 2.63 bits per heavy atom. The van der Waals surface area contributed by atoms with E-state index in [1.54, 1.807) is 26.4 Å². The summed E-state index contributed by atoms with van der Waals surface area (Å²) in [6, 6.07) is 9.06. The van der Waals surface area contributed by atoms with Crippen LogP contribution >= 0.6 is 22.9 Å². The molecule has 3 aromatic rings. The Labute approximate surface area is 182 Å². The Morgan fingerprint density at radius 1 is 1.13 bits per heavy atom. The van der Waals surface area contributed by atoms with Gasteiger partial charge < -0.3 is 29.1 Å². The van der Waals surface area contributed by atoms with Gasteiger partial charge in [-0.15, -0.1) is 11.3 Å². The summed E-state index contributed by atoms with van der Waals surface area (Å²) in [6.45, 7) is 1.03. The van der Waals surface area contributed by atoms with Crippen LogP contribution in [-0.2, 0) is 11.2 Å². The van der Waals surface area contributed by atoms with E-state index in [1.165, 1.54) is 11.3 Å². The van der Waals surface area contributed by atoms with Crippen molar-refractivity contribution < 1.29 is 23.7 Å². The van der Waals surface area contributed by atoms with Crippen LogP contribution < -0.4 is 24.3 Å². The molecule has 4 rings (SSSR count). The van der Waals surface area contributed by atoms with Crippen molar-refractivity contribution in [2.75, 3.05) is 32.8 Å². The molecule has 0 bridgehead atoms. The minimum absolute atomic E-state index is 0.254. The van der Waals surface area contributed by atoms with Crippen LogP contribution in [0, 0.1) is 0 Å². The predicted octanol–water partition coefficient (Wildman–Crippen LogP) is 4.74. The highest BCUT2D eigenvalue weighted by Gasteiger charge is 2.19. The van der Waals surface area contributed by atoms with Crippen molar-refractivity contribution in [1.82, 2.24) is 4.98 Å². The highest BCUT2D eigenvalue weighted by atomic mass is 35.5. The van der Waals surface area contributed by atoms with Gasteiger partial charge in [0.1, 0.15) is 31.0 Å². The summed E-state index contributed by atoms with van der Waals surface area (Å²) in [6.07, 6.45) is 1.12. The van der Waals surface area contributed by atoms with Crippen molar-refractivity contribution in [1.29, 1.82) is 0 Å². The van der Waals surface area contributed by atoms with Crippen molar-refractivity contribution in [3.8, 4) is 34.3 Å². The summed E-state index contributed by atoms with van der Waals surface area (Å²) >= 11 is 7.66. The third kappa shape index (κ3) is 4.01. The lowest BCUT2D eigenvalue weighted by atomic mass is 10.1. The molecule has 1 aliphatic heterocycles. The monoisotopic (exact) mass is 446 g/mol. The van der Waals surface area contributed by atoms with Crippen molar-refractivity contribution in [2.45, 2.75) is 6.42 Å². The van der Waals surface area contributed by atoms with Crippen molar-refractivity contribution in [3.63, 3.8) is 0 Å². The zero-order valence-electron chi connectivity index (χ0n) is 16.4. The average Bonchev–Trinajstić information content (AvgIpc) is 3.16. The first-order valence-corrected chi connectivity index (χ1v) is 10.3. The molecule has 2 aromatic carbocycles. The second-order valence-corrected chi connectivity index (χ2v) is 7.82. The first kappa shape index (κ1) is 20.3. The van der Waals surface area contributed by atoms with E-state index >= 15 is 0 Å². The molecule has 0 saturated carbocycles. The minimum atomic E-state index is 0.254. The Kier molecular flexibility index (Phi) is 5.96. The Hall–Kier alpha value is -2.97. The minimum Gasteiger partial charge on any atom is -0.495 e. The standard InChI is InChI=1S/C21H19ClN2O5S/c1-26-16-11-17(27-2)14(10-13(16)22)23-21-24-20(19(30-21)5-6-25)12-3-4-15-18(9-12)29-8-7-28-15/h3-4,6,9-11H,5,7-8H2,1-2H3,(H,23,24). The van der Waals surface area contributed by atoms with E-state index in [-0.39, 0.29) is 6.42 Å². The number of ether oxygens (including phenoxy) is 4. The molecule has 0 unspecified atom stereocenters. The van der Waals surface area contributed by atoms with Gasteiger partial charge in [0.15, 0.2) is 16.6 Å². The molecular formula is C21H19ClN2O5S. The fourth-order valence-electron chi connectivity index (χ4n) is 3.11. The van der Waals surface area contributed by atoms with Crippen molar-refractivity contribution in [2.24, 2.45) is 0 Å². The molecule has 7 nitrogen and oxygen atoms in total. The molecule has 0 atom stereocenters. The number of thiazole rings is 1. The second-order valence-electron chi connectivity index (χ2n) is 6.33. The SMILES string of the molecule is COc1cc(OC)c(Nc2nc(-c3ccc4c(c3)OCCO4)c(CC=O)s2)cc1Cl. The number of nitrogens with zero attached hydrogens (tertiary/aromatic N) is 1. The topological polar surface area (TPSA) is 78.9 Å². The number of rotatable bonds is 7. The van der Waals surface area contributed by atoms with E-state index in [1.807, 2.05) is 18.2 Å². The first-order valence-electron chi connectivity index (χ1n) is 9.15. The number of carbonyl (C=O) groups excluding carboxylic acids is 1. The third-order valence-electron chi connectivity index (χ3n) is 4.50. The largest absolute Gasteiger partial charge is 0.495 e. The maximum absolute atomic E-state index is 11.2. The number of hydrogen-bond donors (Lipinski definition) is 1. The molecule has 30 heavy (non-hydrogen) atoms. The van der Waals surface area contributed by atoms with Crippen LogP contribution in [0.25, 0.3) is 11.3 Å². The van der Waals surface area contributed by atoms with Gasteiger partial charge in [-0.25, -0.2) is 4.98 Å².